The van der Waals surface area contributed by atoms with Gasteiger partial charge >= 0.3 is 0 Å². The van der Waals surface area contributed by atoms with E-state index < -0.39 is 0 Å². The minimum absolute atomic E-state index is 0.135. The van der Waals surface area contributed by atoms with Crippen molar-refractivity contribution in [3.8, 4) is 0 Å². The van der Waals surface area contributed by atoms with E-state index in [0.29, 0.717) is 0 Å². The standard InChI is InChI=1S/C14H17ClN2S/c1-4-16-13(14-12(15)7-8-18-14)11-6-5-9(2)17-10(11)3/h5-8,13,16H,4H2,1-3H3. The fourth-order valence-electron chi connectivity index (χ4n) is 2.06. The highest BCUT2D eigenvalue weighted by Gasteiger charge is 2.19. The number of hydrogen-bond donors (Lipinski definition) is 1. The van der Waals surface area contributed by atoms with Crippen molar-refractivity contribution in [2.24, 2.45) is 0 Å². The van der Waals surface area contributed by atoms with E-state index in [1.54, 1.807) is 11.3 Å². The first-order valence-electron chi connectivity index (χ1n) is 6.04. The molecule has 0 amide bonds. The van der Waals surface area contributed by atoms with E-state index >= 15 is 0 Å². The number of pyridine rings is 1. The van der Waals surface area contributed by atoms with Crippen molar-refractivity contribution < 1.29 is 0 Å². The molecule has 0 aliphatic rings. The molecule has 0 bridgehead atoms. The first-order valence-corrected chi connectivity index (χ1v) is 7.29. The molecule has 2 aromatic rings. The summed E-state index contributed by atoms with van der Waals surface area (Å²) in [5.74, 6) is 0. The summed E-state index contributed by atoms with van der Waals surface area (Å²) in [6, 6.07) is 6.27. The van der Waals surface area contributed by atoms with Gasteiger partial charge in [0.2, 0.25) is 0 Å². The summed E-state index contributed by atoms with van der Waals surface area (Å²) in [5.41, 5.74) is 3.31. The lowest BCUT2D eigenvalue weighted by Crippen LogP contribution is -2.22. The van der Waals surface area contributed by atoms with Gasteiger partial charge < -0.3 is 5.32 Å². The highest BCUT2D eigenvalue weighted by molar-refractivity contribution is 7.10. The molecule has 2 nitrogen and oxygen atoms in total. The molecule has 0 spiro atoms. The molecular weight excluding hydrogens is 264 g/mol. The van der Waals surface area contributed by atoms with Crippen LogP contribution in [0, 0.1) is 13.8 Å². The number of aryl methyl sites for hydroxylation is 2. The van der Waals surface area contributed by atoms with Gasteiger partial charge in [-0.1, -0.05) is 24.6 Å². The van der Waals surface area contributed by atoms with Crippen LogP contribution in [-0.4, -0.2) is 11.5 Å². The summed E-state index contributed by atoms with van der Waals surface area (Å²) in [7, 11) is 0. The zero-order valence-corrected chi connectivity index (χ0v) is 12.4. The van der Waals surface area contributed by atoms with Crippen molar-refractivity contribution in [1.82, 2.24) is 10.3 Å². The Morgan fingerprint density at radius 3 is 2.67 bits per heavy atom. The van der Waals surface area contributed by atoms with Crippen molar-refractivity contribution in [3.05, 3.63) is 50.4 Å². The molecule has 2 heterocycles. The molecule has 2 aromatic heterocycles. The third kappa shape index (κ3) is 2.74. The molecule has 0 fully saturated rings. The Kier molecular flexibility index (Phi) is 4.38. The Morgan fingerprint density at radius 1 is 1.33 bits per heavy atom. The molecule has 1 unspecified atom stereocenters. The van der Waals surface area contributed by atoms with Gasteiger partial charge in [-0.15, -0.1) is 11.3 Å². The van der Waals surface area contributed by atoms with Crippen molar-refractivity contribution in [2.75, 3.05) is 6.54 Å². The first kappa shape index (κ1) is 13.5. The Balaban J connectivity index is 2.45. The van der Waals surface area contributed by atoms with E-state index in [0.717, 1.165) is 27.8 Å². The van der Waals surface area contributed by atoms with Gasteiger partial charge in [-0.05, 0) is 43.5 Å². The van der Waals surface area contributed by atoms with Gasteiger partial charge in [0, 0.05) is 16.3 Å². The minimum Gasteiger partial charge on any atom is -0.306 e. The maximum absolute atomic E-state index is 6.25. The molecule has 2 rings (SSSR count). The molecule has 18 heavy (non-hydrogen) atoms. The molecular formula is C14H17ClN2S. The smallest absolute Gasteiger partial charge is 0.0703 e. The fraction of sp³-hybridized carbons (Fsp3) is 0.357. The maximum Gasteiger partial charge on any atom is 0.0703 e. The second kappa shape index (κ2) is 5.83. The summed E-state index contributed by atoms with van der Waals surface area (Å²) < 4.78 is 0. The number of nitrogens with one attached hydrogen (secondary N) is 1. The third-order valence-electron chi connectivity index (χ3n) is 2.89. The summed E-state index contributed by atoms with van der Waals surface area (Å²) in [6.07, 6.45) is 0. The van der Waals surface area contributed by atoms with Gasteiger partial charge in [0.25, 0.3) is 0 Å². The number of rotatable bonds is 4. The van der Waals surface area contributed by atoms with Gasteiger partial charge in [-0.25, -0.2) is 0 Å². The zero-order chi connectivity index (χ0) is 13.1. The lowest BCUT2D eigenvalue weighted by Gasteiger charge is -2.19. The van der Waals surface area contributed by atoms with Crippen LogP contribution in [0.1, 0.15) is 34.8 Å². The van der Waals surface area contributed by atoms with Crippen molar-refractivity contribution in [3.63, 3.8) is 0 Å². The van der Waals surface area contributed by atoms with Crippen molar-refractivity contribution in [2.45, 2.75) is 26.8 Å². The molecule has 96 valence electrons. The number of nitrogens with zero attached hydrogens (tertiary/aromatic N) is 1. The van der Waals surface area contributed by atoms with Crippen LogP contribution in [0.3, 0.4) is 0 Å². The van der Waals surface area contributed by atoms with Crippen LogP contribution in [-0.2, 0) is 0 Å². The molecule has 1 atom stereocenters. The number of halogens is 1. The second-order valence-corrected chi connectivity index (χ2v) is 5.61. The topological polar surface area (TPSA) is 24.9 Å². The van der Waals surface area contributed by atoms with Crippen LogP contribution in [0.2, 0.25) is 5.02 Å². The number of hydrogen-bond acceptors (Lipinski definition) is 3. The van der Waals surface area contributed by atoms with E-state index in [9.17, 15) is 0 Å². The summed E-state index contributed by atoms with van der Waals surface area (Å²) in [5, 5.41) is 6.34. The quantitative estimate of drug-likeness (QED) is 0.912. The molecule has 0 saturated heterocycles. The molecule has 0 aliphatic carbocycles. The zero-order valence-electron chi connectivity index (χ0n) is 10.8. The Hall–Kier alpha value is -0.900. The first-order chi connectivity index (χ1) is 8.63. The van der Waals surface area contributed by atoms with Gasteiger partial charge in [0.1, 0.15) is 0 Å². The largest absolute Gasteiger partial charge is 0.306 e. The average molecular weight is 281 g/mol. The highest BCUT2D eigenvalue weighted by Crippen LogP contribution is 2.33. The predicted molar refractivity (Wildman–Crippen MR) is 78.6 cm³/mol. The van der Waals surface area contributed by atoms with E-state index in [1.165, 1.54) is 5.56 Å². The number of thiophene rings is 1. The van der Waals surface area contributed by atoms with Gasteiger partial charge in [0.15, 0.2) is 0 Å². The molecule has 1 N–H and O–H groups in total. The summed E-state index contributed by atoms with van der Waals surface area (Å²) in [6.45, 7) is 7.06. The average Bonchev–Trinajstić information content (AvgIpc) is 2.73. The van der Waals surface area contributed by atoms with Crippen LogP contribution in [0.25, 0.3) is 0 Å². The SMILES string of the molecule is CCNC(c1ccc(C)nc1C)c1sccc1Cl. The lowest BCUT2D eigenvalue weighted by molar-refractivity contribution is 0.633. The van der Waals surface area contributed by atoms with Gasteiger partial charge in [0.05, 0.1) is 11.1 Å². The third-order valence-corrected chi connectivity index (χ3v) is 4.32. The molecule has 0 aliphatic heterocycles. The normalized spacial score (nSPS) is 12.7. The lowest BCUT2D eigenvalue weighted by atomic mass is 10.0. The van der Waals surface area contributed by atoms with Crippen LogP contribution in [0.5, 0.6) is 0 Å². The van der Waals surface area contributed by atoms with Crippen molar-refractivity contribution >= 4 is 22.9 Å². The van der Waals surface area contributed by atoms with Crippen LogP contribution < -0.4 is 5.32 Å². The maximum atomic E-state index is 6.25. The second-order valence-electron chi connectivity index (χ2n) is 4.25. The van der Waals surface area contributed by atoms with E-state index in [1.807, 2.05) is 31.4 Å². The monoisotopic (exact) mass is 280 g/mol. The number of aromatic nitrogens is 1. The summed E-state index contributed by atoms with van der Waals surface area (Å²) >= 11 is 7.94. The van der Waals surface area contributed by atoms with Gasteiger partial charge in [-0.2, -0.15) is 0 Å². The molecule has 4 heteroatoms. The van der Waals surface area contributed by atoms with E-state index in [-0.39, 0.29) is 6.04 Å². The van der Waals surface area contributed by atoms with Gasteiger partial charge in [-0.3, -0.25) is 4.98 Å². The molecule has 0 aromatic carbocycles. The van der Waals surface area contributed by atoms with E-state index in [2.05, 4.69) is 23.3 Å². The summed E-state index contributed by atoms with van der Waals surface area (Å²) in [4.78, 5) is 5.70. The Morgan fingerprint density at radius 2 is 2.11 bits per heavy atom. The highest BCUT2D eigenvalue weighted by atomic mass is 35.5. The van der Waals surface area contributed by atoms with E-state index in [4.69, 9.17) is 11.6 Å². The predicted octanol–water partition coefficient (Wildman–Crippen LogP) is 4.11. The fourth-order valence-corrected chi connectivity index (χ4v) is 3.32. The molecule has 0 radical (unpaired) electrons. The van der Waals surface area contributed by atoms with Crippen LogP contribution in [0.4, 0.5) is 0 Å². The Bertz CT molecular complexity index is 536. The van der Waals surface area contributed by atoms with Crippen LogP contribution >= 0.6 is 22.9 Å². The Labute approximate surface area is 117 Å². The van der Waals surface area contributed by atoms with Crippen molar-refractivity contribution in [1.29, 1.82) is 0 Å². The van der Waals surface area contributed by atoms with Crippen LogP contribution in [0.15, 0.2) is 23.6 Å². The molecule has 0 saturated carbocycles. The minimum atomic E-state index is 0.135.